The van der Waals surface area contributed by atoms with Crippen molar-refractivity contribution in [2.45, 2.75) is 6.54 Å². The monoisotopic (exact) mass is 209 g/mol. The lowest BCUT2D eigenvalue weighted by atomic mass is 10.3. The SMILES string of the molecule is NCNCc1cnn2c(O)cc(=O)[nH]c12. The number of hydrogen-bond acceptors (Lipinski definition) is 5. The predicted octanol–water partition coefficient (Wildman–Crippen LogP) is -1.27. The van der Waals surface area contributed by atoms with Crippen molar-refractivity contribution in [1.29, 1.82) is 0 Å². The van der Waals surface area contributed by atoms with Crippen LogP contribution in [0.25, 0.3) is 5.65 Å². The number of H-pyrrole nitrogens is 1. The fraction of sp³-hybridized carbons (Fsp3) is 0.250. The molecule has 5 N–H and O–H groups in total. The van der Waals surface area contributed by atoms with E-state index >= 15 is 0 Å². The summed E-state index contributed by atoms with van der Waals surface area (Å²) >= 11 is 0. The third kappa shape index (κ3) is 1.69. The van der Waals surface area contributed by atoms with Gasteiger partial charge in [-0.3, -0.25) is 4.79 Å². The summed E-state index contributed by atoms with van der Waals surface area (Å²) in [5, 5.41) is 16.3. The van der Waals surface area contributed by atoms with Crippen LogP contribution in [0.1, 0.15) is 5.56 Å². The molecule has 0 amide bonds. The molecule has 0 spiro atoms. The van der Waals surface area contributed by atoms with Crippen LogP contribution in [-0.2, 0) is 6.54 Å². The molecule has 15 heavy (non-hydrogen) atoms. The largest absolute Gasteiger partial charge is 0.493 e. The van der Waals surface area contributed by atoms with Gasteiger partial charge in [0.05, 0.1) is 12.3 Å². The van der Waals surface area contributed by atoms with Crippen LogP contribution in [0, 0.1) is 0 Å². The summed E-state index contributed by atoms with van der Waals surface area (Å²) in [5.41, 5.74) is 6.17. The molecule has 2 heterocycles. The summed E-state index contributed by atoms with van der Waals surface area (Å²) in [6, 6.07) is 1.07. The second kappa shape index (κ2) is 3.71. The van der Waals surface area contributed by atoms with Gasteiger partial charge in [0, 0.05) is 18.8 Å². The molecule has 0 saturated heterocycles. The third-order valence-electron chi connectivity index (χ3n) is 2.02. The van der Waals surface area contributed by atoms with Gasteiger partial charge in [0.25, 0.3) is 5.56 Å². The molecule has 2 aromatic rings. The summed E-state index contributed by atoms with van der Waals surface area (Å²) in [4.78, 5) is 13.7. The van der Waals surface area contributed by atoms with Gasteiger partial charge < -0.3 is 21.1 Å². The topological polar surface area (TPSA) is 108 Å². The Bertz CT molecular complexity index is 529. The normalized spacial score (nSPS) is 11.0. The Morgan fingerprint density at radius 3 is 3.20 bits per heavy atom. The van der Waals surface area contributed by atoms with Gasteiger partial charge in [0.2, 0.25) is 5.88 Å². The minimum atomic E-state index is -0.366. The number of hydrogen-bond donors (Lipinski definition) is 4. The van der Waals surface area contributed by atoms with Crippen LogP contribution in [0.15, 0.2) is 17.1 Å². The number of fused-ring (bicyclic) bond motifs is 1. The van der Waals surface area contributed by atoms with Crippen LogP contribution in [0.2, 0.25) is 0 Å². The average Bonchev–Trinajstić information content (AvgIpc) is 2.58. The lowest BCUT2D eigenvalue weighted by molar-refractivity contribution is 0.434. The molecule has 0 aliphatic carbocycles. The van der Waals surface area contributed by atoms with E-state index in [1.165, 1.54) is 4.52 Å². The lowest BCUT2D eigenvalue weighted by Crippen LogP contribution is -2.21. The molecule has 7 nitrogen and oxygen atoms in total. The zero-order chi connectivity index (χ0) is 10.8. The molecule has 0 saturated carbocycles. The molecular formula is C8H11N5O2. The zero-order valence-corrected chi connectivity index (χ0v) is 7.90. The van der Waals surface area contributed by atoms with Crippen molar-refractivity contribution >= 4 is 5.65 Å². The van der Waals surface area contributed by atoms with E-state index in [0.29, 0.717) is 18.9 Å². The van der Waals surface area contributed by atoms with Gasteiger partial charge in [-0.05, 0) is 0 Å². The van der Waals surface area contributed by atoms with Crippen molar-refractivity contribution in [3.8, 4) is 5.88 Å². The van der Waals surface area contributed by atoms with E-state index in [0.717, 1.165) is 11.6 Å². The molecule has 80 valence electrons. The standard InChI is InChI=1S/C8H11N5O2/c9-4-10-2-5-3-11-13-7(15)1-6(14)12-8(5)13/h1,3,10,15H,2,4,9H2,(H,12,14). The minimum Gasteiger partial charge on any atom is -0.493 e. The van der Waals surface area contributed by atoms with E-state index in [2.05, 4.69) is 15.4 Å². The summed E-state index contributed by atoms with van der Waals surface area (Å²) < 4.78 is 1.26. The molecular weight excluding hydrogens is 198 g/mol. The molecule has 0 bridgehead atoms. The fourth-order valence-corrected chi connectivity index (χ4v) is 1.36. The first-order valence-corrected chi connectivity index (χ1v) is 4.42. The van der Waals surface area contributed by atoms with Crippen LogP contribution >= 0.6 is 0 Å². The van der Waals surface area contributed by atoms with Gasteiger partial charge >= 0.3 is 0 Å². The first-order chi connectivity index (χ1) is 7.22. The number of aromatic hydroxyl groups is 1. The second-order valence-corrected chi connectivity index (χ2v) is 3.05. The maximum absolute atomic E-state index is 11.1. The summed E-state index contributed by atoms with van der Waals surface area (Å²) in [7, 11) is 0. The summed E-state index contributed by atoms with van der Waals surface area (Å²) in [6.07, 6.45) is 1.56. The van der Waals surface area contributed by atoms with Gasteiger partial charge in [-0.1, -0.05) is 0 Å². The van der Waals surface area contributed by atoms with E-state index in [-0.39, 0.29) is 11.4 Å². The van der Waals surface area contributed by atoms with Gasteiger partial charge in [0.15, 0.2) is 0 Å². The number of rotatable bonds is 3. The van der Waals surface area contributed by atoms with E-state index in [1.54, 1.807) is 6.20 Å². The molecule has 2 aromatic heterocycles. The van der Waals surface area contributed by atoms with E-state index in [1.807, 2.05) is 0 Å². The predicted molar refractivity (Wildman–Crippen MR) is 53.4 cm³/mol. The van der Waals surface area contributed by atoms with Crippen LogP contribution in [0.4, 0.5) is 0 Å². The van der Waals surface area contributed by atoms with Crippen LogP contribution in [0.5, 0.6) is 5.88 Å². The van der Waals surface area contributed by atoms with Gasteiger partial charge in [-0.15, -0.1) is 0 Å². The van der Waals surface area contributed by atoms with Crippen molar-refractivity contribution < 1.29 is 5.11 Å². The number of aromatic amines is 1. The van der Waals surface area contributed by atoms with Gasteiger partial charge in [-0.25, -0.2) is 0 Å². The minimum absolute atomic E-state index is 0.187. The second-order valence-electron chi connectivity index (χ2n) is 3.05. The van der Waals surface area contributed by atoms with E-state index in [4.69, 9.17) is 5.73 Å². The molecule has 0 radical (unpaired) electrons. The molecule has 0 aliphatic heterocycles. The Balaban J connectivity index is 2.53. The van der Waals surface area contributed by atoms with Crippen molar-refractivity contribution in [2.24, 2.45) is 5.73 Å². The Morgan fingerprint density at radius 1 is 1.67 bits per heavy atom. The average molecular weight is 209 g/mol. The van der Waals surface area contributed by atoms with Crippen molar-refractivity contribution in [2.75, 3.05) is 6.67 Å². The molecule has 0 atom stereocenters. The highest BCUT2D eigenvalue weighted by Crippen LogP contribution is 2.11. The fourth-order valence-electron chi connectivity index (χ4n) is 1.36. The zero-order valence-electron chi connectivity index (χ0n) is 7.90. The Kier molecular flexibility index (Phi) is 2.40. The summed E-state index contributed by atoms with van der Waals surface area (Å²) in [6.45, 7) is 0.819. The van der Waals surface area contributed by atoms with Crippen LogP contribution in [0.3, 0.4) is 0 Å². The van der Waals surface area contributed by atoms with Gasteiger partial charge in [-0.2, -0.15) is 9.61 Å². The number of nitrogens with zero attached hydrogens (tertiary/aromatic N) is 2. The van der Waals surface area contributed by atoms with Gasteiger partial charge in [0.1, 0.15) is 5.65 Å². The first-order valence-electron chi connectivity index (χ1n) is 4.42. The maximum Gasteiger partial charge on any atom is 0.254 e. The highest BCUT2D eigenvalue weighted by atomic mass is 16.3. The van der Waals surface area contributed by atoms with Crippen molar-refractivity contribution in [3.63, 3.8) is 0 Å². The molecule has 0 unspecified atom stereocenters. The highest BCUT2D eigenvalue weighted by molar-refractivity contribution is 5.47. The number of aromatic nitrogens is 3. The Morgan fingerprint density at radius 2 is 2.47 bits per heavy atom. The van der Waals surface area contributed by atoms with Crippen LogP contribution < -0.4 is 16.6 Å². The Labute approximate surface area is 84.5 Å². The molecule has 7 heteroatoms. The number of nitrogens with one attached hydrogen (secondary N) is 2. The van der Waals surface area contributed by atoms with Crippen LogP contribution in [-0.4, -0.2) is 26.4 Å². The smallest absolute Gasteiger partial charge is 0.254 e. The maximum atomic E-state index is 11.1. The first kappa shape index (κ1) is 9.69. The summed E-state index contributed by atoms with van der Waals surface area (Å²) in [5.74, 6) is -0.187. The molecule has 0 aromatic carbocycles. The quantitative estimate of drug-likeness (QED) is 0.471. The van der Waals surface area contributed by atoms with E-state index < -0.39 is 0 Å². The van der Waals surface area contributed by atoms with Crippen molar-refractivity contribution in [3.05, 3.63) is 28.2 Å². The number of nitrogens with two attached hydrogens (primary N) is 1. The van der Waals surface area contributed by atoms with Crippen molar-refractivity contribution in [1.82, 2.24) is 19.9 Å². The molecule has 0 fully saturated rings. The third-order valence-corrected chi connectivity index (χ3v) is 2.02. The lowest BCUT2D eigenvalue weighted by Gasteiger charge is -2.00. The van der Waals surface area contributed by atoms with E-state index in [9.17, 15) is 9.90 Å². The highest BCUT2D eigenvalue weighted by Gasteiger charge is 2.07. The molecule has 0 aliphatic rings. The Hall–Kier alpha value is -1.86. The molecule has 2 rings (SSSR count).